The number of aryl methyl sites for hydroxylation is 2. The van der Waals surface area contributed by atoms with Crippen molar-refractivity contribution in [2.75, 3.05) is 13.7 Å². The van der Waals surface area contributed by atoms with E-state index in [0.717, 1.165) is 24.2 Å². The van der Waals surface area contributed by atoms with Gasteiger partial charge >= 0.3 is 5.97 Å². The van der Waals surface area contributed by atoms with Crippen LogP contribution >= 0.6 is 0 Å². The summed E-state index contributed by atoms with van der Waals surface area (Å²) in [5.41, 5.74) is 2.37. The standard InChI is InChI=1S/C14H20O3/c1-4-17-13-9-8-12(10-11(13)2)6-5-7-14(15)16-3/h8-10H,4-7H2,1-3H3. The van der Waals surface area contributed by atoms with E-state index in [1.807, 2.05) is 19.9 Å². The molecule has 0 heterocycles. The Balaban J connectivity index is 2.50. The van der Waals surface area contributed by atoms with Gasteiger partial charge in [-0.15, -0.1) is 0 Å². The molecule has 0 spiro atoms. The van der Waals surface area contributed by atoms with Gasteiger partial charge in [0.05, 0.1) is 13.7 Å². The molecule has 0 aromatic heterocycles. The SMILES string of the molecule is CCOc1ccc(CCCC(=O)OC)cc1C. The second-order valence-corrected chi connectivity index (χ2v) is 3.96. The molecular formula is C14H20O3. The number of methoxy groups -OCH3 is 1. The first-order valence-electron chi connectivity index (χ1n) is 5.96. The number of rotatable bonds is 6. The average molecular weight is 236 g/mol. The molecule has 0 fully saturated rings. The fourth-order valence-corrected chi connectivity index (χ4v) is 1.72. The smallest absolute Gasteiger partial charge is 0.305 e. The van der Waals surface area contributed by atoms with Gasteiger partial charge < -0.3 is 9.47 Å². The van der Waals surface area contributed by atoms with Gasteiger partial charge in [0.25, 0.3) is 0 Å². The maximum absolute atomic E-state index is 11.0. The Bertz CT molecular complexity index is 372. The predicted molar refractivity (Wildman–Crippen MR) is 67.3 cm³/mol. The zero-order valence-corrected chi connectivity index (χ0v) is 10.8. The summed E-state index contributed by atoms with van der Waals surface area (Å²) >= 11 is 0. The largest absolute Gasteiger partial charge is 0.494 e. The second-order valence-electron chi connectivity index (χ2n) is 3.96. The molecule has 0 aliphatic carbocycles. The summed E-state index contributed by atoms with van der Waals surface area (Å²) in [5, 5.41) is 0. The fourth-order valence-electron chi connectivity index (χ4n) is 1.72. The van der Waals surface area contributed by atoms with Gasteiger partial charge in [-0.3, -0.25) is 4.79 Å². The van der Waals surface area contributed by atoms with E-state index in [0.29, 0.717) is 13.0 Å². The number of carbonyl (C=O) groups excluding carboxylic acids is 1. The van der Waals surface area contributed by atoms with Crippen molar-refractivity contribution in [1.82, 2.24) is 0 Å². The van der Waals surface area contributed by atoms with Gasteiger partial charge in [0, 0.05) is 6.42 Å². The van der Waals surface area contributed by atoms with Gasteiger partial charge in [-0.1, -0.05) is 12.1 Å². The van der Waals surface area contributed by atoms with E-state index >= 15 is 0 Å². The maximum Gasteiger partial charge on any atom is 0.305 e. The molecule has 0 unspecified atom stereocenters. The normalized spacial score (nSPS) is 10.1. The minimum Gasteiger partial charge on any atom is -0.494 e. The Labute approximate surface area is 103 Å². The van der Waals surface area contributed by atoms with Crippen LogP contribution in [0.1, 0.15) is 30.9 Å². The van der Waals surface area contributed by atoms with Gasteiger partial charge in [-0.05, 0) is 43.9 Å². The molecule has 0 saturated heterocycles. The Hall–Kier alpha value is -1.51. The van der Waals surface area contributed by atoms with Crippen LogP contribution in [0.15, 0.2) is 18.2 Å². The molecule has 0 aliphatic rings. The van der Waals surface area contributed by atoms with Crippen molar-refractivity contribution < 1.29 is 14.3 Å². The third kappa shape index (κ3) is 4.47. The van der Waals surface area contributed by atoms with Crippen LogP contribution in [-0.2, 0) is 16.0 Å². The molecule has 1 aromatic carbocycles. The highest BCUT2D eigenvalue weighted by atomic mass is 16.5. The van der Waals surface area contributed by atoms with Gasteiger partial charge in [-0.25, -0.2) is 0 Å². The quantitative estimate of drug-likeness (QED) is 0.712. The zero-order valence-electron chi connectivity index (χ0n) is 10.8. The summed E-state index contributed by atoms with van der Waals surface area (Å²) < 4.78 is 10.1. The first-order valence-corrected chi connectivity index (χ1v) is 5.96. The first-order chi connectivity index (χ1) is 8.17. The van der Waals surface area contributed by atoms with Gasteiger partial charge in [0.2, 0.25) is 0 Å². The molecule has 1 aromatic rings. The highest BCUT2D eigenvalue weighted by Crippen LogP contribution is 2.20. The van der Waals surface area contributed by atoms with Crippen LogP contribution in [0.3, 0.4) is 0 Å². The van der Waals surface area contributed by atoms with Crippen LogP contribution in [0.2, 0.25) is 0 Å². The lowest BCUT2D eigenvalue weighted by molar-refractivity contribution is -0.140. The molecule has 0 aliphatic heterocycles. The molecule has 17 heavy (non-hydrogen) atoms. The van der Waals surface area contributed by atoms with Crippen molar-refractivity contribution in [1.29, 1.82) is 0 Å². The number of esters is 1. The predicted octanol–water partition coefficient (Wildman–Crippen LogP) is 2.89. The molecule has 0 bridgehead atoms. The molecular weight excluding hydrogens is 216 g/mol. The molecule has 3 heteroatoms. The molecule has 3 nitrogen and oxygen atoms in total. The van der Waals surface area contributed by atoms with Gasteiger partial charge in [0.1, 0.15) is 5.75 Å². The zero-order chi connectivity index (χ0) is 12.7. The molecule has 0 radical (unpaired) electrons. The summed E-state index contributed by atoms with van der Waals surface area (Å²) in [7, 11) is 1.42. The molecule has 1 rings (SSSR count). The summed E-state index contributed by atoms with van der Waals surface area (Å²) in [5.74, 6) is 0.789. The Morgan fingerprint density at radius 3 is 2.71 bits per heavy atom. The molecule has 0 N–H and O–H groups in total. The van der Waals surface area contributed by atoms with Crippen molar-refractivity contribution >= 4 is 5.97 Å². The van der Waals surface area contributed by atoms with Crippen LogP contribution in [0.5, 0.6) is 5.75 Å². The monoisotopic (exact) mass is 236 g/mol. The Morgan fingerprint density at radius 1 is 1.35 bits per heavy atom. The van der Waals surface area contributed by atoms with E-state index in [1.54, 1.807) is 0 Å². The van der Waals surface area contributed by atoms with Crippen molar-refractivity contribution in [3.8, 4) is 5.75 Å². The minimum atomic E-state index is -0.146. The van der Waals surface area contributed by atoms with E-state index in [1.165, 1.54) is 12.7 Å². The first kappa shape index (κ1) is 13.6. The fraction of sp³-hybridized carbons (Fsp3) is 0.500. The third-order valence-corrected chi connectivity index (χ3v) is 2.61. The summed E-state index contributed by atoms with van der Waals surface area (Å²) in [6.07, 6.45) is 2.19. The lowest BCUT2D eigenvalue weighted by atomic mass is 10.1. The van der Waals surface area contributed by atoms with E-state index in [-0.39, 0.29) is 5.97 Å². The lowest BCUT2D eigenvalue weighted by Gasteiger charge is -2.08. The van der Waals surface area contributed by atoms with Crippen LogP contribution in [-0.4, -0.2) is 19.7 Å². The number of benzene rings is 1. The van der Waals surface area contributed by atoms with Crippen molar-refractivity contribution in [3.63, 3.8) is 0 Å². The Morgan fingerprint density at radius 2 is 2.12 bits per heavy atom. The van der Waals surface area contributed by atoms with E-state index in [4.69, 9.17) is 4.74 Å². The van der Waals surface area contributed by atoms with Crippen LogP contribution in [0.25, 0.3) is 0 Å². The van der Waals surface area contributed by atoms with Gasteiger partial charge in [0.15, 0.2) is 0 Å². The highest BCUT2D eigenvalue weighted by molar-refractivity contribution is 5.69. The number of hydrogen-bond acceptors (Lipinski definition) is 3. The topological polar surface area (TPSA) is 35.5 Å². The van der Waals surface area contributed by atoms with Crippen molar-refractivity contribution in [2.24, 2.45) is 0 Å². The summed E-state index contributed by atoms with van der Waals surface area (Å²) in [6.45, 7) is 4.70. The molecule has 0 atom stereocenters. The van der Waals surface area contributed by atoms with Crippen LogP contribution in [0.4, 0.5) is 0 Å². The molecule has 0 amide bonds. The number of carbonyl (C=O) groups is 1. The maximum atomic E-state index is 11.0. The van der Waals surface area contributed by atoms with Gasteiger partial charge in [-0.2, -0.15) is 0 Å². The summed E-state index contributed by atoms with van der Waals surface area (Å²) in [4.78, 5) is 11.0. The van der Waals surface area contributed by atoms with Crippen molar-refractivity contribution in [3.05, 3.63) is 29.3 Å². The average Bonchev–Trinajstić information content (AvgIpc) is 2.32. The highest BCUT2D eigenvalue weighted by Gasteiger charge is 2.03. The summed E-state index contributed by atoms with van der Waals surface area (Å²) in [6, 6.07) is 6.16. The van der Waals surface area contributed by atoms with E-state index < -0.39 is 0 Å². The van der Waals surface area contributed by atoms with Crippen LogP contribution in [0, 0.1) is 6.92 Å². The van der Waals surface area contributed by atoms with E-state index in [9.17, 15) is 4.79 Å². The van der Waals surface area contributed by atoms with E-state index in [2.05, 4.69) is 16.9 Å². The lowest BCUT2D eigenvalue weighted by Crippen LogP contribution is -2.01. The van der Waals surface area contributed by atoms with Crippen LogP contribution < -0.4 is 4.74 Å². The second kappa shape index (κ2) is 6.94. The minimum absolute atomic E-state index is 0.146. The Kier molecular flexibility index (Phi) is 5.53. The van der Waals surface area contributed by atoms with Crippen molar-refractivity contribution in [2.45, 2.75) is 33.1 Å². The number of hydrogen-bond donors (Lipinski definition) is 0. The number of ether oxygens (including phenoxy) is 2. The molecule has 0 saturated carbocycles. The molecule has 94 valence electrons. The third-order valence-electron chi connectivity index (χ3n) is 2.61.